The molecule has 5 nitrogen and oxygen atoms in total. The number of rotatable bonds is 5. The number of anilines is 2. The van der Waals surface area contributed by atoms with Gasteiger partial charge in [-0.3, -0.25) is 9.59 Å². The van der Waals surface area contributed by atoms with Gasteiger partial charge in [-0.25, -0.2) is 0 Å². The summed E-state index contributed by atoms with van der Waals surface area (Å²) >= 11 is 0. The van der Waals surface area contributed by atoms with Crippen LogP contribution in [0.3, 0.4) is 0 Å². The number of amides is 1. The van der Waals surface area contributed by atoms with Gasteiger partial charge in [0.2, 0.25) is 5.91 Å². The molecule has 0 aromatic heterocycles. The van der Waals surface area contributed by atoms with Crippen LogP contribution < -0.4 is 10.6 Å². The van der Waals surface area contributed by atoms with Crippen molar-refractivity contribution in [1.29, 1.82) is 0 Å². The van der Waals surface area contributed by atoms with Gasteiger partial charge in [0, 0.05) is 5.54 Å². The summed E-state index contributed by atoms with van der Waals surface area (Å²) in [6, 6.07) is 7.90. The minimum atomic E-state index is -0.860. The van der Waals surface area contributed by atoms with E-state index >= 15 is 0 Å². The first-order valence-electron chi connectivity index (χ1n) is 10.4. The third-order valence-corrected chi connectivity index (χ3v) is 7.55. The Morgan fingerprint density at radius 1 is 0.889 bits per heavy atom. The van der Waals surface area contributed by atoms with E-state index in [2.05, 4.69) is 10.6 Å². The van der Waals surface area contributed by atoms with Crippen LogP contribution in [0, 0.1) is 29.6 Å². The Bertz CT molecular complexity index is 739. The summed E-state index contributed by atoms with van der Waals surface area (Å²) in [5.74, 6) is 0.614. The Morgan fingerprint density at radius 3 is 1.96 bits per heavy atom. The van der Waals surface area contributed by atoms with E-state index in [0.717, 1.165) is 29.1 Å². The number of carbonyl (C=O) groups excluding carboxylic acids is 1. The molecule has 5 heteroatoms. The third-order valence-electron chi connectivity index (χ3n) is 7.55. The van der Waals surface area contributed by atoms with E-state index in [1.165, 1.54) is 38.5 Å². The fourth-order valence-corrected chi connectivity index (χ4v) is 6.59. The highest BCUT2D eigenvalue weighted by molar-refractivity contribution is 5.98. The number of carboxylic acid groups (broad SMARTS) is 1. The van der Waals surface area contributed by atoms with Crippen molar-refractivity contribution in [2.75, 3.05) is 10.6 Å². The van der Waals surface area contributed by atoms with E-state index in [9.17, 15) is 14.7 Å². The van der Waals surface area contributed by atoms with Gasteiger partial charge >= 0.3 is 5.97 Å². The highest BCUT2D eigenvalue weighted by atomic mass is 16.4. The monoisotopic (exact) mass is 368 g/mol. The molecule has 6 rings (SSSR count). The van der Waals surface area contributed by atoms with Crippen LogP contribution in [0.15, 0.2) is 24.3 Å². The van der Waals surface area contributed by atoms with Crippen molar-refractivity contribution in [3.8, 4) is 0 Å². The highest BCUT2D eigenvalue weighted by Crippen LogP contribution is 2.56. The maximum atomic E-state index is 12.6. The first kappa shape index (κ1) is 17.1. The smallest absolute Gasteiger partial charge is 0.307 e. The summed E-state index contributed by atoms with van der Waals surface area (Å²) in [4.78, 5) is 23.9. The second kappa shape index (κ2) is 6.25. The first-order chi connectivity index (χ1) is 13.0. The van der Waals surface area contributed by atoms with Gasteiger partial charge < -0.3 is 15.7 Å². The van der Waals surface area contributed by atoms with Crippen molar-refractivity contribution in [3.63, 3.8) is 0 Å². The van der Waals surface area contributed by atoms with Crippen molar-refractivity contribution in [2.24, 2.45) is 29.6 Å². The minimum Gasteiger partial charge on any atom is -0.481 e. The Hall–Kier alpha value is -2.04. The highest BCUT2D eigenvalue weighted by Gasteiger charge is 2.51. The molecule has 0 heterocycles. The molecule has 27 heavy (non-hydrogen) atoms. The first-order valence-corrected chi connectivity index (χ1v) is 10.4. The lowest BCUT2D eigenvalue weighted by molar-refractivity contribution is -0.151. The lowest BCUT2D eigenvalue weighted by Crippen LogP contribution is -2.54. The zero-order valence-electron chi connectivity index (χ0n) is 15.6. The Labute approximate surface area is 159 Å². The zero-order chi connectivity index (χ0) is 18.6. The van der Waals surface area contributed by atoms with Gasteiger partial charge in [0.25, 0.3) is 0 Å². The van der Waals surface area contributed by atoms with E-state index in [-0.39, 0.29) is 11.4 Å². The SMILES string of the molecule is O=C(O)C1CCC1C(=O)Nc1ccccc1NC12CC3CC(CC(C3)C1)C2. The summed E-state index contributed by atoms with van der Waals surface area (Å²) in [6.45, 7) is 0. The van der Waals surface area contributed by atoms with Gasteiger partial charge in [0.15, 0.2) is 0 Å². The van der Waals surface area contributed by atoms with Crippen molar-refractivity contribution < 1.29 is 14.7 Å². The van der Waals surface area contributed by atoms with Gasteiger partial charge in [0.05, 0.1) is 23.2 Å². The molecule has 5 aliphatic carbocycles. The molecule has 4 bridgehead atoms. The second-order valence-corrected chi connectivity index (χ2v) is 9.49. The average molecular weight is 368 g/mol. The summed E-state index contributed by atoms with van der Waals surface area (Å²) in [6.07, 6.45) is 9.18. The predicted octanol–water partition coefficient (Wildman–Crippen LogP) is 4.12. The van der Waals surface area contributed by atoms with E-state index < -0.39 is 17.8 Å². The molecule has 1 aromatic carbocycles. The Morgan fingerprint density at radius 2 is 1.44 bits per heavy atom. The summed E-state index contributed by atoms with van der Waals surface area (Å²) in [7, 11) is 0. The molecule has 0 saturated heterocycles. The molecule has 1 aromatic rings. The molecule has 0 radical (unpaired) electrons. The summed E-state index contributed by atoms with van der Waals surface area (Å²) in [5, 5.41) is 16.1. The summed E-state index contributed by atoms with van der Waals surface area (Å²) < 4.78 is 0. The Balaban J connectivity index is 1.33. The van der Waals surface area contributed by atoms with Crippen LogP contribution in [0.5, 0.6) is 0 Å². The molecule has 5 saturated carbocycles. The number of carboxylic acids is 1. The van der Waals surface area contributed by atoms with Crippen molar-refractivity contribution >= 4 is 23.3 Å². The second-order valence-electron chi connectivity index (χ2n) is 9.49. The standard InChI is InChI=1S/C22H28N2O3/c25-20(16-5-6-17(16)21(26)27)23-18-3-1-2-4-19(18)24-22-10-13-7-14(11-22)9-15(8-13)12-22/h1-4,13-17,24H,5-12H2,(H,23,25)(H,26,27). The van der Waals surface area contributed by atoms with E-state index in [1.807, 2.05) is 24.3 Å². The number of hydrogen-bond acceptors (Lipinski definition) is 3. The number of aliphatic carboxylic acids is 1. The average Bonchev–Trinajstić information content (AvgIpc) is 2.53. The number of nitrogens with one attached hydrogen (secondary N) is 2. The molecular weight excluding hydrogens is 340 g/mol. The maximum Gasteiger partial charge on any atom is 0.307 e. The van der Waals surface area contributed by atoms with E-state index in [1.54, 1.807) is 0 Å². The third kappa shape index (κ3) is 3.01. The van der Waals surface area contributed by atoms with Crippen LogP contribution in [-0.4, -0.2) is 22.5 Å². The maximum absolute atomic E-state index is 12.6. The fourth-order valence-electron chi connectivity index (χ4n) is 6.59. The van der Waals surface area contributed by atoms with E-state index in [4.69, 9.17) is 0 Å². The van der Waals surface area contributed by atoms with Crippen molar-refractivity contribution in [1.82, 2.24) is 0 Å². The predicted molar refractivity (Wildman–Crippen MR) is 103 cm³/mol. The largest absolute Gasteiger partial charge is 0.481 e. The summed E-state index contributed by atoms with van der Waals surface area (Å²) in [5.41, 5.74) is 1.95. The van der Waals surface area contributed by atoms with Gasteiger partial charge in [-0.15, -0.1) is 0 Å². The van der Waals surface area contributed by atoms with Crippen LogP contribution in [0.25, 0.3) is 0 Å². The molecule has 5 aliphatic rings. The van der Waals surface area contributed by atoms with Crippen LogP contribution in [0.2, 0.25) is 0 Å². The quantitative estimate of drug-likeness (QED) is 0.731. The number of para-hydroxylation sites is 2. The number of benzene rings is 1. The van der Waals surface area contributed by atoms with Crippen LogP contribution in [-0.2, 0) is 9.59 Å². The van der Waals surface area contributed by atoms with Gasteiger partial charge in [0.1, 0.15) is 0 Å². The molecule has 2 unspecified atom stereocenters. The van der Waals surface area contributed by atoms with Gasteiger partial charge in [-0.2, -0.15) is 0 Å². The Kier molecular flexibility index (Phi) is 3.95. The number of hydrogen-bond donors (Lipinski definition) is 3. The molecule has 2 atom stereocenters. The normalized spacial score (nSPS) is 38.9. The van der Waals surface area contributed by atoms with Gasteiger partial charge in [-0.1, -0.05) is 12.1 Å². The molecular formula is C22H28N2O3. The molecule has 0 spiro atoms. The van der Waals surface area contributed by atoms with Gasteiger partial charge in [-0.05, 0) is 81.3 Å². The molecule has 3 N–H and O–H groups in total. The number of carbonyl (C=O) groups is 2. The lowest BCUT2D eigenvalue weighted by atomic mass is 9.53. The molecule has 5 fully saturated rings. The topological polar surface area (TPSA) is 78.4 Å². The van der Waals surface area contributed by atoms with E-state index in [0.29, 0.717) is 12.8 Å². The van der Waals surface area contributed by atoms with Crippen LogP contribution in [0.1, 0.15) is 51.4 Å². The van der Waals surface area contributed by atoms with Crippen LogP contribution in [0.4, 0.5) is 11.4 Å². The van der Waals surface area contributed by atoms with Crippen LogP contribution >= 0.6 is 0 Å². The minimum absolute atomic E-state index is 0.159. The van der Waals surface area contributed by atoms with Crippen molar-refractivity contribution in [2.45, 2.75) is 56.9 Å². The lowest BCUT2D eigenvalue weighted by Gasteiger charge is -2.57. The fraction of sp³-hybridized carbons (Fsp3) is 0.636. The molecule has 0 aliphatic heterocycles. The molecule has 144 valence electrons. The molecule has 1 amide bonds. The zero-order valence-corrected chi connectivity index (χ0v) is 15.6. The van der Waals surface area contributed by atoms with Crippen molar-refractivity contribution in [3.05, 3.63) is 24.3 Å².